The van der Waals surface area contributed by atoms with Gasteiger partial charge in [0, 0.05) is 4.88 Å². The number of halogens is 2. The molecule has 0 bridgehead atoms. The van der Waals surface area contributed by atoms with Gasteiger partial charge in [-0.2, -0.15) is 0 Å². The van der Waals surface area contributed by atoms with Gasteiger partial charge in [0.05, 0.1) is 12.2 Å². The van der Waals surface area contributed by atoms with Crippen molar-refractivity contribution < 1.29 is 13.6 Å². The molecule has 2 N–H and O–H groups in total. The van der Waals surface area contributed by atoms with E-state index in [-0.39, 0.29) is 5.69 Å². The molecule has 2 aromatic rings. The Morgan fingerprint density at radius 2 is 2.06 bits per heavy atom. The molecule has 0 unspecified atom stereocenters. The van der Waals surface area contributed by atoms with E-state index in [1.807, 2.05) is 17.5 Å². The Kier molecular flexibility index (Phi) is 3.88. The predicted octanol–water partition coefficient (Wildman–Crippen LogP) is 3.35. The molecule has 0 aliphatic carbocycles. The van der Waals surface area contributed by atoms with E-state index in [1.54, 1.807) is 0 Å². The molecule has 1 heterocycles. The molecule has 1 aromatic carbocycles. The standard InChI is InChI=1S/C12H10F2N2OS/c13-9-4-1-5-10(11(9)14)16-12(17)15-7-8-3-2-6-18-8/h1-6H,7H2,(H2,15,16,17). The zero-order chi connectivity index (χ0) is 13.0. The number of nitrogens with one attached hydrogen (secondary N) is 2. The maximum atomic E-state index is 13.3. The maximum Gasteiger partial charge on any atom is 0.319 e. The highest BCUT2D eigenvalue weighted by atomic mass is 32.1. The van der Waals surface area contributed by atoms with Crippen LogP contribution >= 0.6 is 11.3 Å². The fourth-order valence-electron chi connectivity index (χ4n) is 1.35. The number of anilines is 1. The Hall–Kier alpha value is -1.95. The normalized spacial score (nSPS) is 10.1. The summed E-state index contributed by atoms with van der Waals surface area (Å²) in [5.41, 5.74) is -0.182. The Labute approximate surface area is 106 Å². The van der Waals surface area contributed by atoms with Crippen molar-refractivity contribution in [2.45, 2.75) is 6.54 Å². The van der Waals surface area contributed by atoms with Crippen LogP contribution in [0.2, 0.25) is 0 Å². The van der Waals surface area contributed by atoms with E-state index >= 15 is 0 Å². The average Bonchev–Trinajstić information content (AvgIpc) is 2.86. The van der Waals surface area contributed by atoms with E-state index in [9.17, 15) is 13.6 Å². The van der Waals surface area contributed by atoms with Crippen molar-refractivity contribution in [1.82, 2.24) is 5.32 Å². The smallest absolute Gasteiger partial charge is 0.319 e. The molecular weight excluding hydrogens is 258 g/mol. The Morgan fingerprint density at radius 3 is 2.78 bits per heavy atom. The van der Waals surface area contributed by atoms with Crippen LogP contribution in [0.1, 0.15) is 4.88 Å². The maximum absolute atomic E-state index is 13.3. The van der Waals surface area contributed by atoms with Crippen LogP contribution in [0.3, 0.4) is 0 Å². The number of thiophene rings is 1. The van der Waals surface area contributed by atoms with Crippen molar-refractivity contribution in [1.29, 1.82) is 0 Å². The van der Waals surface area contributed by atoms with Gasteiger partial charge in [-0.1, -0.05) is 12.1 Å². The number of urea groups is 1. The van der Waals surface area contributed by atoms with Crippen molar-refractivity contribution >= 4 is 23.1 Å². The van der Waals surface area contributed by atoms with E-state index in [1.165, 1.54) is 23.5 Å². The van der Waals surface area contributed by atoms with Crippen LogP contribution in [0.25, 0.3) is 0 Å². The van der Waals surface area contributed by atoms with Crippen LogP contribution in [-0.4, -0.2) is 6.03 Å². The molecule has 0 saturated carbocycles. The van der Waals surface area contributed by atoms with Crippen molar-refractivity contribution in [3.05, 3.63) is 52.2 Å². The molecule has 0 saturated heterocycles. The van der Waals surface area contributed by atoms with Crippen LogP contribution in [-0.2, 0) is 6.54 Å². The summed E-state index contributed by atoms with van der Waals surface area (Å²) >= 11 is 1.50. The molecular formula is C12H10F2N2OS. The molecule has 3 nitrogen and oxygen atoms in total. The summed E-state index contributed by atoms with van der Waals surface area (Å²) in [7, 11) is 0. The zero-order valence-corrected chi connectivity index (χ0v) is 10.1. The predicted molar refractivity (Wildman–Crippen MR) is 66.5 cm³/mol. The molecule has 18 heavy (non-hydrogen) atoms. The summed E-state index contributed by atoms with van der Waals surface area (Å²) in [4.78, 5) is 12.4. The van der Waals surface area contributed by atoms with Gasteiger partial charge in [0.15, 0.2) is 11.6 Å². The van der Waals surface area contributed by atoms with Crippen LogP contribution in [0, 0.1) is 11.6 Å². The lowest BCUT2D eigenvalue weighted by molar-refractivity contribution is 0.251. The summed E-state index contributed by atoms with van der Waals surface area (Å²) in [5, 5.41) is 6.69. The minimum Gasteiger partial charge on any atom is -0.333 e. The third-order valence-electron chi connectivity index (χ3n) is 2.20. The molecule has 1 aromatic heterocycles. The number of hydrogen-bond donors (Lipinski definition) is 2. The van der Waals surface area contributed by atoms with E-state index in [2.05, 4.69) is 10.6 Å². The quantitative estimate of drug-likeness (QED) is 0.880. The van der Waals surface area contributed by atoms with Gasteiger partial charge in [0.1, 0.15) is 0 Å². The third kappa shape index (κ3) is 3.04. The number of hydrogen-bond acceptors (Lipinski definition) is 2. The monoisotopic (exact) mass is 268 g/mol. The van der Waals surface area contributed by atoms with Gasteiger partial charge in [-0.25, -0.2) is 13.6 Å². The first kappa shape index (κ1) is 12.5. The van der Waals surface area contributed by atoms with Gasteiger partial charge in [-0.3, -0.25) is 0 Å². The Morgan fingerprint density at radius 1 is 1.22 bits per heavy atom. The van der Waals surface area contributed by atoms with E-state index in [4.69, 9.17) is 0 Å². The summed E-state index contributed by atoms with van der Waals surface area (Å²) in [5.74, 6) is -2.06. The van der Waals surface area contributed by atoms with Gasteiger partial charge < -0.3 is 10.6 Å². The number of carbonyl (C=O) groups is 1. The fourth-order valence-corrected chi connectivity index (χ4v) is 1.99. The summed E-state index contributed by atoms with van der Waals surface area (Å²) in [6.07, 6.45) is 0. The highest BCUT2D eigenvalue weighted by molar-refractivity contribution is 7.09. The van der Waals surface area contributed by atoms with Crippen molar-refractivity contribution in [3.8, 4) is 0 Å². The van der Waals surface area contributed by atoms with Gasteiger partial charge in [-0.05, 0) is 23.6 Å². The molecule has 2 rings (SSSR count). The highest BCUT2D eigenvalue weighted by Crippen LogP contribution is 2.16. The summed E-state index contributed by atoms with van der Waals surface area (Å²) < 4.78 is 26.2. The first-order chi connectivity index (χ1) is 8.66. The minimum absolute atomic E-state index is 0.182. The molecule has 6 heteroatoms. The van der Waals surface area contributed by atoms with Crippen LogP contribution in [0.15, 0.2) is 35.7 Å². The minimum atomic E-state index is -1.07. The molecule has 0 fully saturated rings. The van der Waals surface area contributed by atoms with Crippen molar-refractivity contribution in [2.24, 2.45) is 0 Å². The van der Waals surface area contributed by atoms with Gasteiger partial charge >= 0.3 is 6.03 Å². The molecule has 94 valence electrons. The van der Waals surface area contributed by atoms with E-state index in [0.29, 0.717) is 6.54 Å². The largest absolute Gasteiger partial charge is 0.333 e. The molecule has 0 spiro atoms. The van der Waals surface area contributed by atoms with E-state index < -0.39 is 17.7 Å². The van der Waals surface area contributed by atoms with E-state index in [0.717, 1.165) is 10.9 Å². The molecule has 0 atom stereocenters. The van der Waals surface area contributed by atoms with Gasteiger partial charge in [-0.15, -0.1) is 11.3 Å². The fraction of sp³-hybridized carbons (Fsp3) is 0.0833. The number of rotatable bonds is 3. The second-order valence-corrected chi connectivity index (χ2v) is 4.52. The number of amides is 2. The highest BCUT2D eigenvalue weighted by Gasteiger charge is 2.10. The SMILES string of the molecule is O=C(NCc1cccs1)Nc1cccc(F)c1F. The van der Waals surface area contributed by atoms with Crippen LogP contribution < -0.4 is 10.6 Å². The van der Waals surface area contributed by atoms with Crippen LogP contribution in [0.4, 0.5) is 19.3 Å². The lowest BCUT2D eigenvalue weighted by Crippen LogP contribution is -2.28. The molecule has 0 aliphatic heterocycles. The first-order valence-electron chi connectivity index (χ1n) is 5.18. The zero-order valence-electron chi connectivity index (χ0n) is 9.24. The summed E-state index contributed by atoms with van der Waals surface area (Å²) in [6, 6.07) is 6.77. The summed E-state index contributed by atoms with van der Waals surface area (Å²) in [6.45, 7) is 0.348. The average molecular weight is 268 g/mol. The topological polar surface area (TPSA) is 41.1 Å². The lowest BCUT2D eigenvalue weighted by Gasteiger charge is -2.07. The molecule has 2 amide bonds. The number of carbonyl (C=O) groups excluding carboxylic acids is 1. The lowest BCUT2D eigenvalue weighted by atomic mass is 10.3. The first-order valence-corrected chi connectivity index (χ1v) is 6.06. The molecule has 0 aliphatic rings. The second kappa shape index (κ2) is 5.59. The van der Waals surface area contributed by atoms with Crippen molar-refractivity contribution in [2.75, 3.05) is 5.32 Å². The number of benzene rings is 1. The van der Waals surface area contributed by atoms with Gasteiger partial charge in [0.2, 0.25) is 0 Å². The third-order valence-corrected chi connectivity index (χ3v) is 3.08. The van der Waals surface area contributed by atoms with Gasteiger partial charge in [0.25, 0.3) is 0 Å². The van der Waals surface area contributed by atoms with Crippen LogP contribution in [0.5, 0.6) is 0 Å². The Balaban J connectivity index is 1.93. The Bertz CT molecular complexity index is 543. The second-order valence-electron chi connectivity index (χ2n) is 3.49. The van der Waals surface area contributed by atoms with Crippen molar-refractivity contribution in [3.63, 3.8) is 0 Å². The molecule has 0 radical (unpaired) electrons.